The molecule has 1 aliphatic rings. The summed E-state index contributed by atoms with van der Waals surface area (Å²) in [6.07, 6.45) is 0. The van der Waals surface area contributed by atoms with Crippen molar-refractivity contribution in [2.75, 3.05) is 11.9 Å². The SMILES string of the molecule is CCOC(=O)[C@@H](Nc1cccc2c1OC(=O)[C@H]2N)c1c(O)cccc1O. The Morgan fingerprint density at radius 3 is 2.58 bits per heavy atom. The van der Waals surface area contributed by atoms with E-state index in [2.05, 4.69) is 5.32 Å². The Morgan fingerprint density at radius 2 is 1.92 bits per heavy atom. The van der Waals surface area contributed by atoms with Crippen LogP contribution in [0.25, 0.3) is 0 Å². The van der Waals surface area contributed by atoms with Crippen LogP contribution in [0.15, 0.2) is 36.4 Å². The zero-order valence-corrected chi connectivity index (χ0v) is 13.9. The van der Waals surface area contributed by atoms with Crippen LogP contribution < -0.4 is 15.8 Å². The molecule has 136 valence electrons. The number of phenolic OH excluding ortho intramolecular Hbond substituents is 2. The summed E-state index contributed by atoms with van der Waals surface area (Å²) < 4.78 is 10.2. The summed E-state index contributed by atoms with van der Waals surface area (Å²) in [5.74, 6) is -1.68. The molecule has 5 N–H and O–H groups in total. The van der Waals surface area contributed by atoms with E-state index in [1.165, 1.54) is 18.2 Å². The number of rotatable bonds is 5. The van der Waals surface area contributed by atoms with Crippen molar-refractivity contribution >= 4 is 17.6 Å². The summed E-state index contributed by atoms with van der Waals surface area (Å²) in [6.45, 7) is 1.75. The van der Waals surface area contributed by atoms with Gasteiger partial charge in [0.1, 0.15) is 17.5 Å². The Labute approximate surface area is 149 Å². The first-order chi connectivity index (χ1) is 12.4. The van der Waals surface area contributed by atoms with Crippen LogP contribution >= 0.6 is 0 Å². The van der Waals surface area contributed by atoms with Gasteiger partial charge in [-0.3, -0.25) is 0 Å². The molecule has 0 fully saturated rings. The molecule has 0 saturated heterocycles. The van der Waals surface area contributed by atoms with E-state index in [1.807, 2.05) is 0 Å². The molecule has 1 aliphatic heterocycles. The highest BCUT2D eigenvalue weighted by Gasteiger charge is 2.34. The van der Waals surface area contributed by atoms with E-state index in [0.717, 1.165) is 0 Å². The summed E-state index contributed by atoms with van der Waals surface area (Å²) in [4.78, 5) is 24.2. The summed E-state index contributed by atoms with van der Waals surface area (Å²) >= 11 is 0. The lowest BCUT2D eigenvalue weighted by Crippen LogP contribution is -2.24. The van der Waals surface area contributed by atoms with Crippen molar-refractivity contribution in [1.29, 1.82) is 0 Å². The van der Waals surface area contributed by atoms with Gasteiger partial charge in [0, 0.05) is 5.56 Å². The fraction of sp³-hybridized carbons (Fsp3) is 0.222. The Morgan fingerprint density at radius 1 is 1.27 bits per heavy atom. The molecule has 0 aromatic heterocycles. The first-order valence-electron chi connectivity index (χ1n) is 7.98. The van der Waals surface area contributed by atoms with Gasteiger partial charge in [-0.25, -0.2) is 9.59 Å². The highest BCUT2D eigenvalue weighted by atomic mass is 16.5. The minimum Gasteiger partial charge on any atom is -0.507 e. The number of carbonyl (C=O) groups is 2. The standard InChI is InChI=1S/C18H18N2O6/c1-2-25-18(24)15(13-11(21)7-4-8-12(13)22)20-10-6-3-5-9-14(19)17(23)26-16(9)10/h3-8,14-15,20-22H,2,19H2,1H3/t14-,15-/m0/s1. The minimum absolute atomic E-state index is 0.0443. The first-order valence-corrected chi connectivity index (χ1v) is 7.98. The van der Waals surface area contributed by atoms with Crippen molar-refractivity contribution < 1.29 is 29.3 Å². The number of nitrogens with one attached hydrogen (secondary N) is 1. The highest BCUT2D eigenvalue weighted by Crippen LogP contribution is 2.42. The number of aromatic hydroxyl groups is 2. The molecule has 2 atom stereocenters. The number of hydrogen-bond donors (Lipinski definition) is 4. The van der Waals surface area contributed by atoms with Crippen molar-refractivity contribution in [3.8, 4) is 17.2 Å². The number of fused-ring (bicyclic) bond motifs is 1. The van der Waals surface area contributed by atoms with Gasteiger partial charge in [0.05, 0.1) is 17.9 Å². The monoisotopic (exact) mass is 358 g/mol. The molecule has 2 aromatic carbocycles. The Bertz CT molecular complexity index is 847. The van der Waals surface area contributed by atoms with Gasteiger partial charge < -0.3 is 30.7 Å². The largest absolute Gasteiger partial charge is 0.507 e. The Kier molecular flexibility index (Phi) is 4.68. The Hall–Kier alpha value is -3.26. The van der Waals surface area contributed by atoms with Crippen molar-refractivity contribution in [2.24, 2.45) is 5.73 Å². The van der Waals surface area contributed by atoms with Gasteiger partial charge in [0.15, 0.2) is 11.8 Å². The predicted molar refractivity (Wildman–Crippen MR) is 91.8 cm³/mol. The lowest BCUT2D eigenvalue weighted by atomic mass is 10.0. The van der Waals surface area contributed by atoms with Gasteiger partial charge in [0.2, 0.25) is 0 Å². The normalized spacial score (nSPS) is 16.5. The minimum atomic E-state index is -1.22. The predicted octanol–water partition coefficient (Wildman–Crippen LogP) is 1.73. The highest BCUT2D eigenvalue weighted by molar-refractivity contribution is 5.90. The first kappa shape index (κ1) is 17.6. The summed E-state index contributed by atoms with van der Waals surface area (Å²) in [7, 11) is 0. The van der Waals surface area contributed by atoms with Gasteiger partial charge in [-0.1, -0.05) is 18.2 Å². The number of hydrogen-bond acceptors (Lipinski definition) is 8. The summed E-state index contributed by atoms with van der Waals surface area (Å²) in [5.41, 5.74) is 6.52. The van der Waals surface area contributed by atoms with Gasteiger partial charge in [-0.05, 0) is 25.1 Å². The molecule has 3 rings (SSSR count). The van der Waals surface area contributed by atoms with E-state index in [1.54, 1.807) is 25.1 Å². The van der Waals surface area contributed by atoms with Crippen molar-refractivity contribution in [3.63, 3.8) is 0 Å². The topological polar surface area (TPSA) is 131 Å². The van der Waals surface area contributed by atoms with Crippen LogP contribution in [-0.4, -0.2) is 28.8 Å². The summed E-state index contributed by atoms with van der Waals surface area (Å²) in [5, 5.41) is 23.1. The molecule has 0 saturated carbocycles. The average Bonchev–Trinajstić information content (AvgIpc) is 2.89. The number of esters is 2. The van der Waals surface area contributed by atoms with Crippen LogP contribution in [0, 0.1) is 0 Å². The number of nitrogens with two attached hydrogens (primary N) is 1. The maximum Gasteiger partial charge on any atom is 0.333 e. The summed E-state index contributed by atoms with van der Waals surface area (Å²) in [6, 6.07) is 6.88. The molecule has 8 heteroatoms. The van der Waals surface area contributed by atoms with Gasteiger partial charge in [-0.15, -0.1) is 0 Å². The number of anilines is 1. The van der Waals surface area contributed by atoms with E-state index in [0.29, 0.717) is 11.3 Å². The third kappa shape index (κ3) is 3.02. The van der Waals surface area contributed by atoms with E-state index < -0.39 is 24.0 Å². The molecule has 0 radical (unpaired) electrons. The maximum atomic E-state index is 12.4. The number of ether oxygens (including phenoxy) is 2. The van der Waals surface area contributed by atoms with E-state index in [-0.39, 0.29) is 29.4 Å². The fourth-order valence-electron chi connectivity index (χ4n) is 2.79. The molecular formula is C18H18N2O6. The van der Waals surface area contributed by atoms with Crippen LogP contribution in [0.2, 0.25) is 0 Å². The number of para-hydroxylation sites is 1. The smallest absolute Gasteiger partial charge is 0.333 e. The molecule has 0 bridgehead atoms. The lowest BCUT2D eigenvalue weighted by Gasteiger charge is -2.21. The molecule has 0 aliphatic carbocycles. The zero-order valence-electron chi connectivity index (χ0n) is 13.9. The maximum absolute atomic E-state index is 12.4. The van der Waals surface area contributed by atoms with Crippen LogP contribution in [0.3, 0.4) is 0 Å². The van der Waals surface area contributed by atoms with Crippen molar-refractivity contribution in [2.45, 2.75) is 19.0 Å². The van der Waals surface area contributed by atoms with Crippen molar-refractivity contribution in [1.82, 2.24) is 0 Å². The Balaban J connectivity index is 2.04. The third-order valence-electron chi connectivity index (χ3n) is 4.01. The third-order valence-corrected chi connectivity index (χ3v) is 4.01. The van der Waals surface area contributed by atoms with E-state index >= 15 is 0 Å². The lowest BCUT2D eigenvalue weighted by molar-refractivity contribution is -0.144. The molecule has 0 amide bonds. The fourth-order valence-corrected chi connectivity index (χ4v) is 2.79. The molecule has 26 heavy (non-hydrogen) atoms. The second kappa shape index (κ2) is 6.93. The van der Waals surface area contributed by atoms with Crippen LogP contribution in [0.5, 0.6) is 17.2 Å². The second-order valence-electron chi connectivity index (χ2n) is 5.66. The average molecular weight is 358 g/mol. The van der Waals surface area contributed by atoms with Gasteiger partial charge >= 0.3 is 11.9 Å². The molecule has 0 unspecified atom stereocenters. The molecular weight excluding hydrogens is 340 g/mol. The molecule has 8 nitrogen and oxygen atoms in total. The number of phenols is 2. The van der Waals surface area contributed by atoms with Crippen LogP contribution in [0.4, 0.5) is 5.69 Å². The number of benzene rings is 2. The van der Waals surface area contributed by atoms with Crippen LogP contribution in [0.1, 0.15) is 30.1 Å². The quantitative estimate of drug-likeness (QED) is 0.469. The van der Waals surface area contributed by atoms with E-state index in [4.69, 9.17) is 15.2 Å². The molecule has 2 aromatic rings. The molecule has 0 spiro atoms. The molecule has 1 heterocycles. The van der Waals surface area contributed by atoms with Gasteiger partial charge in [-0.2, -0.15) is 0 Å². The van der Waals surface area contributed by atoms with Crippen molar-refractivity contribution in [3.05, 3.63) is 47.5 Å². The van der Waals surface area contributed by atoms with Crippen LogP contribution in [-0.2, 0) is 14.3 Å². The number of carbonyl (C=O) groups excluding carboxylic acids is 2. The van der Waals surface area contributed by atoms with Gasteiger partial charge in [0.25, 0.3) is 0 Å². The second-order valence-corrected chi connectivity index (χ2v) is 5.66. The van der Waals surface area contributed by atoms with E-state index in [9.17, 15) is 19.8 Å². The zero-order chi connectivity index (χ0) is 18.8.